The largest absolute Gasteiger partial charge is 0.490 e. The fourth-order valence-corrected chi connectivity index (χ4v) is 4.33. The van der Waals surface area contributed by atoms with Gasteiger partial charge < -0.3 is 24.4 Å². The maximum absolute atomic E-state index is 10.1. The first kappa shape index (κ1) is 21.6. The van der Waals surface area contributed by atoms with Crippen molar-refractivity contribution in [2.75, 3.05) is 19.8 Å². The third kappa shape index (κ3) is 5.54. The van der Waals surface area contributed by atoms with Crippen LogP contribution >= 0.6 is 11.6 Å². The molecule has 4 rings (SSSR count). The van der Waals surface area contributed by atoms with E-state index < -0.39 is 6.10 Å². The minimum absolute atomic E-state index is 0.0870. The first-order valence-electron chi connectivity index (χ1n) is 10.7. The van der Waals surface area contributed by atoms with Gasteiger partial charge in [-0.15, -0.1) is 0 Å². The second-order valence-corrected chi connectivity index (χ2v) is 8.56. The topological polar surface area (TPSA) is 68.2 Å². The molecule has 2 aliphatic rings. The van der Waals surface area contributed by atoms with E-state index >= 15 is 0 Å². The second-order valence-electron chi connectivity index (χ2n) is 8.16. The van der Waals surface area contributed by atoms with Crippen LogP contribution in [0.5, 0.6) is 5.75 Å². The molecule has 2 heterocycles. The van der Waals surface area contributed by atoms with Gasteiger partial charge in [0.25, 0.3) is 0 Å². The highest BCUT2D eigenvalue weighted by Crippen LogP contribution is 2.34. The molecule has 3 unspecified atom stereocenters. The van der Waals surface area contributed by atoms with E-state index in [2.05, 4.69) is 12.1 Å². The van der Waals surface area contributed by atoms with Crippen LogP contribution in [0.1, 0.15) is 48.5 Å². The maximum atomic E-state index is 10.1. The van der Waals surface area contributed by atoms with E-state index in [1.165, 1.54) is 0 Å². The molecule has 0 aromatic heterocycles. The standard InChI is InChI=1S/C24H29ClO5/c25-23-6-3-17(24-14-19(27)13-22(15-26)30-24)12-18(23)11-16-1-4-20(5-2-16)29-21-7-9-28-10-8-21/h1-6,12,19,21-22,24,26-27H,7-11,13-15H2. The van der Waals surface area contributed by atoms with E-state index in [4.69, 9.17) is 25.8 Å². The van der Waals surface area contributed by atoms with Crippen LogP contribution < -0.4 is 4.74 Å². The van der Waals surface area contributed by atoms with Gasteiger partial charge >= 0.3 is 0 Å². The number of rotatable bonds is 6. The Labute approximate surface area is 182 Å². The third-order valence-electron chi connectivity index (χ3n) is 5.81. The fourth-order valence-electron chi connectivity index (χ4n) is 4.14. The van der Waals surface area contributed by atoms with E-state index in [0.717, 1.165) is 48.5 Å². The van der Waals surface area contributed by atoms with Crippen molar-refractivity contribution < 1.29 is 24.4 Å². The van der Waals surface area contributed by atoms with Gasteiger partial charge in [-0.2, -0.15) is 0 Å². The van der Waals surface area contributed by atoms with E-state index in [0.29, 0.717) is 24.3 Å². The fraction of sp³-hybridized carbons (Fsp3) is 0.500. The number of halogens is 1. The number of ether oxygens (including phenoxy) is 3. The summed E-state index contributed by atoms with van der Waals surface area (Å²) in [5, 5.41) is 20.2. The van der Waals surface area contributed by atoms with Crippen LogP contribution in [0.25, 0.3) is 0 Å². The monoisotopic (exact) mass is 432 g/mol. The molecule has 0 bridgehead atoms. The van der Waals surface area contributed by atoms with Crippen LogP contribution in [0.2, 0.25) is 5.02 Å². The summed E-state index contributed by atoms with van der Waals surface area (Å²) in [5.74, 6) is 0.880. The van der Waals surface area contributed by atoms with Crippen LogP contribution in [-0.2, 0) is 15.9 Å². The predicted octanol–water partition coefficient (Wildman–Crippen LogP) is 4.06. The van der Waals surface area contributed by atoms with Gasteiger partial charge in [-0.25, -0.2) is 0 Å². The van der Waals surface area contributed by atoms with Crippen molar-refractivity contribution in [3.8, 4) is 5.75 Å². The smallest absolute Gasteiger partial charge is 0.119 e. The van der Waals surface area contributed by atoms with Gasteiger partial charge in [0, 0.05) is 30.7 Å². The Morgan fingerprint density at radius 3 is 2.53 bits per heavy atom. The summed E-state index contributed by atoms with van der Waals surface area (Å²) in [6, 6.07) is 14.0. The van der Waals surface area contributed by atoms with Crippen LogP contribution in [-0.4, -0.2) is 48.3 Å². The quantitative estimate of drug-likeness (QED) is 0.720. The molecule has 0 saturated carbocycles. The number of benzene rings is 2. The lowest BCUT2D eigenvalue weighted by atomic mass is 9.94. The summed E-state index contributed by atoms with van der Waals surface area (Å²) in [7, 11) is 0. The lowest BCUT2D eigenvalue weighted by molar-refractivity contribution is -0.113. The molecule has 2 aromatic rings. The lowest BCUT2D eigenvalue weighted by Gasteiger charge is -2.32. The van der Waals surface area contributed by atoms with Gasteiger partial charge in [0.05, 0.1) is 38.1 Å². The summed E-state index contributed by atoms with van der Waals surface area (Å²) in [6.45, 7) is 1.44. The summed E-state index contributed by atoms with van der Waals surface area (Å²) >= 11 is 6.46. The summed E-state index contributed by atoms with van der Waals surface area (Å²) in [6.07, 6.45) is 2.73. The zero-order valence-corrected chi connectivity index (χ0v) is 17.8. The highest BCUT2D eigenvalue weighted by Gasteiger charge is 2.29. The maximum Gasteiger partial charge on any atom is 0.119 e. The molecule has 2 saturated heterocycles. The number of aliphatic hydroxyl groups excluding tert-OH is 2. The Morgan fingerprint density at radius 2 is 1.80 bits per heavy atom. The average molecular weight is 433 g/mol. The Kier molecular flexibility index (Phi) is 7.28. The third-order valence-corrected chi connectivity index (χ3v) is 6.18. The van der Waals surface area contributed by atoms with E-state index in [9.17, 15) is 10.2 Å². The van der Waals surface area contributed by atoms with Gasteiger partial charge in [0.1, 0.15) is 11.9 Å². The van der Waals surface area contributed by atoms with Crippen molar-refractivity contribution >= 4 is 11.6 Å². The Bertz CT molecular complexity index is 819. The van der Waals surface area contributed by atoms with Crippen LogP contribution in [0.3, 0.4) is 0 Å². The number of aliphatic hydroxyl groups is 2. The molecular weight excluding hydrogens is 404 g/mol. The first-order chi connectivity index (χ1) is 14.6. The molecule has 6 heteroatoms. The van der Waals surface area contributed by atoms with Crippen molar-refractivity contribution in [1.29, 1.82) is 0 Å². The predicted molar refractivity (Wildman–Crippen MR) is 115 cm³/mol. The Morgan fingerprint density at radius 1 is 1.03 bits per heavy atom. The van der Waals surface area contributed by atoms with Crippen molar-refractivity contribution in [3.05, 3.63) is 64.2 Å². The molecule has 0 amide bonds. The van der Waals surface area contributed by atoms with Gasteiger partial charge in [0.2, 0.25) is 0 Å². The van der Waals surface area contributed by atoms with Crippen LogP contribution in [0, 0.1) is 0 Å². The van der Waals surface area contributed by atoms with E-state index in [1.807, 2.05) is 30.3 Å². The number of hydrogen-bond acceptors (Lipinski definition) is 5. The SMILES string of the molecule is OCC1CC(O)CC(c2ccc(Cl)c(Cc3ccc(OC4CCOCC4)cc3)c2)O1. The molecule has 0 spiro atoms. The summed E-state index contributed by atoms with van der Waals surface area (Å²) in [4.78, 5) is 0. The molecule has 162 valence electrons. The van der Waals surface area contributed by atoms with Crippen molar-refractivity contribution in [2.24, 2.45) is 0 Å². The second kappa shape index (κ2) is 10.1. The molecule has 5 nitrogen and oxygen atoms in total. The highest BCUT2D eigenvalue weighted by atomic mass is 35.5. The first-order valence-corrected chi connectivity index (χ1v) is 11.0. The molecule has 2 aromatic carbocycles. The van der Waals surface area contributed by atoms with Crippen LogP contribution in [0.15, 0.2) is 42.5 Å². The van der Waals surface area contributed by atoms with E-state index in [1.54, 1.807) is 0 Å². The minimum atomic E-state index is -0.469. The zero-order chi connectivity index (χ0) is 20.9. The molecule has 30 heavy (non-hydrogen) atoms. The Balaban J connectivity index is 1.43. The molecule has 2 N–H and O–H groups in total. The zero-order valence-electron chi connectivity index (χ0n) is 17.0. The van der Waals surface area contributed by atoms with Crippen molar-refractivity contribution in [1.82, 2.24) is 0 Å². The van der Waals surface area contributed by atoms with Gasteiger partial charge in [-0.1, -0.05) is 35.9 Å². The average Bonchev–Trinajstić information content (AvgIpc) is 2.77. The molecule has 2 aliphatic heterocycles. The van der Waals surface area contributed by atoms with Crippen molar-refractivity contribution in [2.45, 2.75) is 56.5 Å². The minimum Gasteiger partial charge on any atom is -0.490 e. The lowest BCUT2D eigenvalue weighted by Crippen LogP contribution is -2.33. The normalized spacial score (nSPS) is 25.2. The van der Waals surface area contributed by atoms with Gasteiger partial charge in [-0.3, -0.25) is 0 Å². The highest BCUT2D eigenvalue weighted by molar-refractivity contribution is 6.31. The molecule has 0 radical (unpaired) electrons. The Hall–Kier alpha value is -1.63. The number of hydrogen-bond donors (Lipinski definition) is 2. The molecule has 2 fully saturated rings. The van der Waals surface area contributed by atoms with E-state index in [-0.39, 0.29) is 24.9 Å². The molecular formula is C24H29ClO5. The van der Waals surface area contributed by atoms with Crippen LogP contribution in [0.4, 0.5) is 0 Å². The molecule has 3 atom stereocenters. The van der Waals surface area contributed by atoms with Gasteiger partial charge in [-0.05, 0) is 41.3 Å². The molecule has 0 aliphatic carbocycles. The van der Waals surface area contributed by atoms with Crippen molar-refractivity contribution in [3.63, 3.8) is 0 Å². The van der Waals surface area contributed by atoms with Gasteiger partial charge in [0.15, 0.2) is 0 Å². The summed E-state index contributed by atoms with van der Waals surface area (Å²) < 4.78 is 17.4. The summed E-state index contributed by atoms with van der Waals surface area (Å²) in [5.41, 5.74) is 3.13.